The summed E-state index contributed by atoms with van der Waals surface area (Å²) in [7, 11) is 1.75. The van der Waals surface area contributed by atoms with E-state index in [1.54, 1.807) is 29.4 Å². The van der Waals surface area contributed by atoms with E-state index >= 15 is 0 Å². The van der Waals surface area contributed by atoms with Gasteiger partial charge in [0, 0.05) is 30.3 Å². The molecule has 0 saturated carbocycles. The molecule has 1 aromatic carbocycles. The SMILES string of the molecule is CCSc1nc2sccn2c(=O)c1C(=O)Nc1cc(-c2ccccc2)nn1C. The van der Waals surface area contributed by atoms with Crippen LogP contribution >= 0.6 is 23.1 Å². The molecule has 28 heavy (non-hydrogen) atoms. The molecule has 0 atom stereocenters. The summed E-state index contributed by atoms with van der Waals surface area (Å²) in [6.45, 7) is 1.96. The van der Waals surface area contributed by atoms with E-state index in [0.29, 0.717) is 21.6 Å². The molecule has 9 heteroatoms. The van der Waals surface area contributed by atoms with Crippen LogP contribution in [0.2, 0.25) is 0 Å². The predicted molar refractivity (Wildman–Crippen MR) is 112 cm³/mol. The molecule has 3 heterocycles. The number of nitrogens with zero attached hydrogens (tertiary/aromatic N) is 4. The molecule has 0 fully saturated rings. The second-order valence-corrected chi connectivity index (χ2v) is 8.07. The molecule has 0 aliphatic carbocycles. The van der Waals surface area contributed by atoms with Crippen LogP contribution in [0.25, 0.3) is 16.2 Å². The zero-order chi connectivity index (χ0) is 19.7. The lowest BCUT2D eigenvalue weighted by Gasteiger charge is -2.08. The van der Waals surface area contributed by atoms with Crippen LogP contribution in [0.15, 0.2) is 57.8 Å². The van der Waals surface area contributed by atoms with Crippen molar-refractivity contribution in [3.8, 4) is 11.3 Å². The molecular weight excluding hydrogens is 394 g/mol. The van der Waals surface area contributed by atoms with E-state index in [0.717, 1.165) is 11.3 Å². The van der Waals surface area contributed by atoms with Gasteiger partial charge in [-0.2, -0.15) is 5.10 Å². The minimum absolute atomic E-state index is 0.0465. The number of hydrogen-bond donors (Lipinski definition) is 1. The second-order valence-electron chi connectivity index (χ2n) is 5.94. The summed E-state index contributed by atoms with van der Waals surface area (Å²) in [5.74, 6) is 0.723. The number of thioether (sulfide) groups is 1. The van der Waals surface area contributed by atoms with E-state index < -0.39 is 5.91 Å². The van der Waals surface area contributed by atoms with Crippen molar-refractivity contribution in [2.45, 2.75) is 11.9 Å². The Bertz CT molecular complexity index is 1210. The lowest BCUT2D eigenvalue weighted by molar-refractivity contribution is 0.102. The van der Waals surface area contributed by atoms with Crippen molar-refractivity contribution >= 4 is 39.8 Å². The van der Waals surface area contributed by atoms with Crippen LogP contribution in [0.1, 0.15) is 17.3 Å². The van der Waals surface area contributed by atoms with Gasteiger partial charge in [0.15, 0.2) is 4.96 Å². The maximum Gasteiger partial charge on any atom is 0.272 e. The number of hydrogen-bond acceptors (Lipinski definition) is 6. The normalized spacial score (nSPS) is 11.1. The van der Waals surface area contributed by atoms with Crippen molar-refractivity contribution in [2.75, 3.05) is 11.1 Å². The summed E-state index contributed by atoms with van der Waals surface area (Å²) in [5.41, 5.74) is 1.36. The maximum atomic E-state index is 13.0. The lowest BCUT2D eigenvalue weighted by Crippen LogP contribution is -2.28. The molecule has 3 aromatic heterocycles. The number of carbonyl (C=O) groups excluding carboxylic acids is 1. The van der Waals surface area contributed by atoms with E-state index in [1.807, 2.05) is 37.3 Å². The summed E-state index contributed by atoms with van der Waals surface area (Å²) >= 11 is 2.74. The standard InChI is InChI=1S/C19H17N5O2S2/c1-3-27-17-15(18(26)24-9-10-28-19(24)21-17)16(25)20-14-11-13(22-23(14)2)12-7-5-4-6-8-12/h4-11H,3H2,1-2H3,(H,20,25). The van der Waals surface area contributed by atoms with Gasteiger partial charge in [-0.05, 0) is 5.75 Å². The molecule has 0 radical (unpaired) electrons. The van der Waals surface area contributed by atoms with Gasteiger partial charge in [0.05, 0.1) is 5.69 Å². The molecule has 0 saturated heterocycles. The fraction of sp³-hybridized carbons (Fsp3) is 0.158. The van der Waals surface area contributed by atoms with Crippen LogP contribution in [-0.4, -0.2) is 30.8 Å². The molecular formula is C19H17N5O2S2. The number of aromatic nitrogens is 4. The van der Waals surface area contributed by atoms with Crippen molar-refractivity contribution in [3.05, 3.63) is 63.9 Å². The zero-order valence-electron chi connectivity index (χ0n) is 15.2. The smallest absolute Gasteiger partial charge is 0.272 e. The Kier molecular flexibility index (Phi) is 5.01. The monoisotopic (exact) mass is 411 g/mol. The van der Waals surface area contributed by atoms with Crippen LogP contribution < -0.4 is 10.9 Å². The maximum absolute atomic E-state index is 13.0. The van der Waals surface area contributed by atoms with Gasteiger partial charge in [0.25, 0.3) is 11.5 Å². The summed E-state index contributed by atoms with van der Waals surface area (Å²) in [6, 6.07) is 11.5. The number of benzene rings is 1. The number of rotatable bonds is 5. The highest BCUT2D eigenvalue weighted by atomic mass is 32.2. The van der Waals surface area contributed by atoms with E-state index in [1.165, 1.54) is 27.5 Å². The van der Waals surface area contributed by atoms with E-state index in [9.17, 15) is 9.59 Å². The Balaban J connectivity index is 1.71. The molecule has 0 aliphatic heterocycles. The van der Waals surface area contributed by atoms with Crippen molar-refractivity contribution in [1.29, 1.82) is 0 Å². The molecule has 1 amide bonds. The van der Waals surface area contributed by atoms with Crippen molar-refractivity contribution in [1.82, 2.24) is 19.2 Å². The van der Waals surface area contributed by atoms with Crippen LogP contribution in [0.3, 0.4) is 0 Å². The number of anilines is 1. The number of carbonyl (C=O) groups is 1. The number of fused-ring (bicyclic) bond motifs is 1. The van der Waals surface area contributed by atoms with Gasteiger partial charge in [-0.15, -0.1) is 23.1 Å². The van der Waals surface area contributed by atoms with E-state index in [4.69, 9.17) is 0 Å². The Morgan fingerprint density at radius 2 is 2.07 bits per heavy atom. The molecule has 1 N–H and O–H groups in total. The first kappa shape index (κ1) is 18.5. The van der Waals surface area contributed by atoms with Gasteiger partial charge in [0.1, 0.15) is 16.4 Å². The quantitative estimate of drug-likeness (QED) is 0.401. The highest BCUT2D eigenvalue weighted by Gasteiger charge is 2.22. The molecule has 0 bridgehead atoms. The molecule has 4 rings (SSSR count). The van der Waals surface area contributed by atoms with Crippen molar-refractivity contribution in [3.63, 3.8) is 0 Å². The first-order chi connectivity index (χ1) is 13.6. The van der Waals surface area contributed by atoms with Crippen LogP contribution in [-0.2, 0) is 7.05 Å². The third kappa shape index (κ3) is 3.34. The van der Waals surface area contributed by atoms with Gasteiger partial charge < -0.3 is 5.32 Å². The lowest BCUT2D eigenvalue weighted by atomic mass is 10.1. The summed E-state index contributed by atoms with van der Waals surface area (Å²) in [6.07, 6.45) is 1.63. The average molecular weight is 412 g/mol. The van der Waals surface area contributed by atoms with Crippen molar-refractivity contribution < 1.29 is 4.79 Å². The van der Waals surface area contributed by atoms with Crippen LogP contribution in [0, 0.1) is 0 Å². The molecule has 0 unspecified atom stereocenters. The molecule has 0 aliphatic rings. The fourth-order valence-corrected chi connectivity index (χ4v) is 4.32. The van der Waals surface area contributed by atoms with Gasteiger partial charge in [-0.3, -0.25) is 18.7 Å². The zero-order valence-corrected chi connectivity index (χ0v) is 16.9. The van der Waals surface area contributed by atoms with Gasteiger partial charge in [-0.25, -0.2) is 4.98 Å². The Morgan fingerprint density at radius 3 is 2.82 bits per heavy atom. The highest BCUT2D eigenvalue weighted by molar-refractivity contribution is 7.99. The Hall–Kier alpha value is -2.91. The Morgan fingerprint density at radius 1 is 1.29 bits per heavy atom. The second kappa shape index (κ2) is 7.61. The van der Waals surface area contributed by atoms with Gasteiger partial charge in [0.2, 0.25) is 0 Å². The highest BCUT2D eigenvalue weighted by Crippen LogP contribution is 2.24. The number of thiazole rings is 1. The van der Waals surface area contributed by atoms with Gasteiger partial charge in [-0.1, -0.05) is 37.3 Å². The summed E-state index contributed by atoms with van der Waals surface area (Å²) in [4.78, 5) is 30.9. The Labute approximate surface area is 169 Å². The van der Waals surface area contributed by atoms with Crippen LogP contribution in [0.4, 0.5) is 5.82 Å². The van der Waals surface area contributed by atoms with Crippen LogP contribution in [0.5, 0.6) is 0 Å². The summed E-state index contributed by atoms with van der Waals surface area (Å²) in [5, 5.41) is 9.48. The van der Waals surface area contributed by atoms with E-state index in [2.05, 4.69) is 15.4 Å². The fourth-order valence-electron chi connectivity index (χ4n) is 2.81. The number of aryl methyl sites for hydroxylation is 1. The first-order valence-electron chi connectivity index (χ1n) is 8.62. The molecule has 7 nitrogen and oxygen atoms in total. The topological polar surface area (TPSA) is 81.3 Å². The third-order valence-corrected chi connectivity index (χ3v) is 5.75. The largest absolute Gasteiger partial charge is 0.307 e. The number of nitrogens with one attached hydrogen (secondary N) is 1. The molecule has 4 aromatic rings. The average Bonchev–Trinajstić information content (AvgIpc) is 3.30. The molecule has 142 valence electrons. The number of amides is 1. The minimum Gasteiger partial charge on any atom is -0.307 e. The minimum atomic E-state index is -0.489. The summed E-state index contributed by atoms with van der Waals surface area (Å²) < 4.78 is 2.99. The van der Waals surface area contributed by atoms with E-state index in [-0.39, 0.29) is 11.1 Å². The third-order valence-electron chi connectivity index (χ3n) is 4.13. The van der Waals surface area contributed by atoms with Gasteiger partial charge >= 0.3 is 0 Å². The van der Waals surface area contributed by atoms with Crippen molar-refractivity contribution in [2.24, 2.45) is 7.05 Å². The first-order valence-corrected chi connectivity index (χ1v) is 10.5. The molecule has 0 spiro atoms. The predicted octanol–water partition coefficient (Wildman–Crippen LogP) is 3.52.